The summed E-state index contributed by atoms with van der Waals surface area (Å²) >= 11 is 4.76. The van der Waals surface area contributed by atoms with Crippen molar-refractivity contribution in [2.75, 3.05) is 18.2 Å². The van der Waals surface area contributed by atoms with E-state index in [0.717, 1.165) is 4.48 Å². The van der Waals surface area contributed by atoms with Crippen molar-refractivity contribution in [3.8, 4) is 0 Å². The highest BCUT2D eigenvalue weighted by molar-refractivity contribution is 9.12. The molecule has 0 fully saturated rings. The summed E-state index contributed by atoms with van der Waals surface area (Å²) in [6.45, 7) is 5.48. The molecule has 1 amide bonds. The average Bonchev–Trinajstić information content (AvgIpc) is 2.59. The van der Waals surface area contributed by atoms with Gasteiger partial charge in [0.05, 0.1) is 6.61 Å². The molecule has 136 valence electrons. The number of carbonyl (C=O) groups excluding carboxylic acids is 1. The Morgan fingerprint density at radius 3 is 2.64 bits per heavy atom. The lowest BCUT2D eigenvalue weighted by Gasteiger charge is -2.09. The Bertz CT molecular complexity index is 769. The molecular formula is C15H18BrN4O3S2-. The number of anilines is 1. The van der Waals surface area contributed by atoms with E-state index in [1.54, 1.807) is 37.3 Å². The smallest absolute Gasteiger partial charge is 0.410 e. The van der Waals surface area contributed by atoms with Gasteiger partial charge in [0.25, 0.3) is 0 Å². The first-order valence-electron chi connectivity index (χ1n) is 6.99. The van der Waals surface area contributed by atoms with Crippen LogP contribution in [0.3, 0.4) is 0 Å². The zero-order valence-electron chi connectivity index (χ0n) is 13.7. The van der Waals surface area contributed by atoms with Crippen molar-refractivity contribution < 1.29 is 13.7 Å². The van der Waals surface area contributed by atoms with Gasteiger partial charge in [-0.15, -0.1) is 22.4 Å². The number of guanidine groups is 1. The van der Waals surface area contributed by atoms with Crippen LogP contribution in [0.5, 0.6) is 0 Å². The van der Waals surface area contributed by atoms with E-state index >= 15 is 0 Å². The van der Waals surface area contributed by atoms with Gasteiger partial charge in [-0.05, 0) is 41.2 Å². The molecule has 0 saturated carbocycles. The first kappa shape index (κ1) is 21.3. The standard InChI is InChI=1S/C15H18BrN4O3S2/c1-4-12(16)13(24-3)19-14(17)18-10-6-8-11(9-7-10)25(22)20-15(21)23-5-2/h4,6-9H,1,5H2,2-3H3,(H3,17,18,19)/q-1/b13-12-. The number of rotatable bonds is 6. The summed E-state index contributed by atoms with van der Waals surface area (Å²) in [5.74, 6) is 0.188. The summed E-state index contributed by atoms with van der Waals surface area (Å²) in [6.07, 6.45) is 2.64. The summed E-state index contributed by atoms with van der Waals surface area (Å²) in [5.41, 5.74) is 6.51. The van der Waals surface area contributed by atoms with E-state index in [0.29, 0.717) is 15.6 Å². The second-order valence-corrected chi connectivity index (χ2v) is 7.05. The van der Waals surface area contributed by atoms with Crippen molar-refractivity contribution in [3.05, 3.63) is 46.4 Å². The molecule has 1 aromatic rings. The van der Waals surface area contributed by atoms with Gasteiger partial charge in [-0.25, -0.2) is 9.79 Å². The largest absolute Gasteiger partial charge is 0.450 e. The minimum absolute atomic E-state index is 0.176. The SMILES string of the molecule is C=C/C(Br)=C(\N=C(N)Nc1ccc([S-](=O)=NC(=O)OCC)cc1)SC. The van der Waals surface area contributed by atoms with Crippen molar-refractivity contribution in [2.45, 2.75) is 11.8 Å². The van der Waals surface area contributed by atoms with Gasteiger partial charge < -0.3 is 20.0 Å². The molecule has 0 saturated heterocycles. The van der Waals surface area contributed by atoms with Gasteiger partial charge in [0.1, 0.15) is 5.03 Å². The molecule has 0 aliphatic carbocycles. The zero-order chi connectivity index (χ0) is 18.8. The molecule has 25 heavy (non-hydrogen) atoms. The molecule has 0 unspecified atom stereocenters. The first-order valence-corrected chi connectivity index (χ1v) is 10.1. The highest BCUT2D eigenvalue weighted by atomic mass is 79.9. The molecule has 10 heteroatoms. The fraction of sp³-hybridized carbons (Fsp3) is 0.200. The van der Waals surface area contributed by atoms with Crippen LogP contribution in [-0.4, -0.2) is 24.9 Å². The lowest BCUT2D eigenvalue weighted by Crippen LogP contribution is -2.22. The lowest BCUT2D eigenvalue weighted by molar-refractivity contribution is 0.164. The molecule has 0 aliphatic heterocycles. The number of halogens is 1. The molecule has 1 aromatic carbocycles. The molecule has 0 bridgehead atoms. The number of allylic oxidation sites excluding steroid dienone is 2. The predicted molar refractivity (Wildman–Crippen MR) is 107 cm³/mol. The number of thioether (sulfide) groups is 1. The molecule has 0 aliphatic rings. The molecule has 0 spiro atoms. The second kappa shape index (κ2) is 11.0. The van der Waals surface area contributed by atoms with Crippen LogP contribution in [0.2, 0.25) is 0 Å². The van der Waals surface area contributed by atoms with Crippen LogP contribution in [0.15, 0.2) is 60.7 Å². The van der Waals surface area contributed by atoms with Crippen LogP contribution in [0.4, 0.5) is 10.5 Å². The number of nitrogens with zero attached hydrogens (tertiary/aromatic N) is 2. The van der Waals surface area contributed by atoms with E-state index in [4.69, 9.17) is 5.73 Å². The number of aliphatic imine (C=N–C) groups is 1. The topological polar surface area (TPSA) is 106 Å². The fourth-order valence-corrected chi connectivity index (χ4v) is 3.20. The third kappa shape index (κ3) is 7.32. The normalized spacial score (nSPS) is 13.8. The third-order valence-corrected chi connectivity index (χ3v) is 5.20. The van der Waals surface area contributed by atoms with Gasteiger partial charge in [0, 0.05) is 10.2 Å². The number of amides is 1. The number of carbonyl (C=O) groups is 1. The monoisotopic (exact) mass is 445 g/mol. The van der Waals surface area contributed by atoms with Gasteiger partial charge in [0.15, 0.2) is 5.96 Å². The molecule has 1 rings (SSSR count). The van der Waals surface area contributed by atoms with Gasteiger partial charge in [0.2, 0.25) is 0 Å². The van der Waals surface area contributed by atoms with Crippen molar-refractivity contribution >= 4 is 56.0 Å². The van der Waals surface area contributed by atoms with E-state index < -0.39 is 16.7 Å². The maximum absolute atomic E-state index is 11.9. The first-order chi connectivity index (χ1) is 11.9. The van der Waals surface area contributed by atoms with Gasteiger partial charge in [-0.1, -0.05) is 29.7 Å². The van der Waals surface area contributed by atoms with E-state index in [9.17, 15) is 9.00 Å². The van der Waals surface area contributed by atoms with Crippen LogP contribution < -0.4 is 11.1 Å². The minimum atomic E-state index is -1.82. The number of nitrogens with one attached hydrogen (secondary N) is 1. The Hall–Kier alpha value is -1.78. The molecule has 0 atom stereocenters. The highest BCUT2D eigenvalue weighted by Gasteiger charge is 2.01. The summed E-state index contributed by atoms with van der Waals surface area (Å²) in [5, 5.41) is 3.59. The van der Waals surface area contributed by atoms with E-state index in [1.165, 1.54) is 11.8 Å². The molecule has 0 aromatic heterocycles. The molecule has 7 nitrogen and oxygen atoms in total. The van der Waals surface area contributed by atoms with Crippen LogP contribution in [0.1, 0.15) is 6.92 Å². The van der Waals surface area contributed by atoms with E-state index in [2.05, 4.69) is 41.9 Å². The minimum Gasteiger partial charge on any atom is -0.450 e. The molecule has 3 N–H and O–H groups in total. The number of benzene rings is 1. The lowest BCUT2D eigenvalue weighted by atomic mass is 10.3. The zero-order valence-corrected chi connectivity index (χ0v) is 16.9. The predicted octanol–water partition coefficient (Wildman–Crippen LogP) is 4.19. The van der Waals surface area contributed by atoms with Crippen molar-refractivity contribution in [1.29, 1.82) is 0 Å². The van der Waals surface area contributed by atoms with Crippen molar-refractivity contribution in [2.24, 2.45) is 15.1 Å². The Balaban J connectivity index is 2.88. The van der Waals surface area contributed by atoms with E-state index in [1.807, 2.05) is 6.26 Å². The number of hydrogen-bond acceptors (Lipinski definition) is 6. The van der Waals surface area contributed by atoms with Crippen LogP contribution in [0, 0.1) is 0 Å². The average molecular weight is 446 g/mol. The Morgan fingerprint density at radius 1 is 1.48 bits per heavy atom. The number of hydrogen-bond donors (Lipinski definition) is 2. The fourth-order valence-electron chi connectivity index (χ4n) is 1.49. The molecular weight excluding hydrogens is 428 g/mol. The summed E-state index contributed by atoms with van der Waals surface area (Å²) < 4.78 is 20.7. The van der Waals surface area contributed by atoms with Crippen LogP contribution in [-0.2, 0) is 19.5 Å². The van der Waals surface area contributed by atoms with Crippen molar-refractivity contribution in [3.63, 3.8) is 0 Å². The molecule has 0 radical (unpaired) electrons. The van der Waals surface area contributed by atoms with Crippen LogP contribution in [0.25, 0.3) is 0 Å². The summed E-state index contributed by atoms with van der Waals surface area (Å²) in [7, 11) is -1.82. The Morgan fingerprint density at radius 2 is 2.12 bits per heavy atom. The van der Waals surface area contributed by atoms with Gasteiger partial charge in [-0.2, -0.15) is 0 Å². The Labute approximate surface area is 161 Å². The molecule has 0 heterocycles. The number of ether oxygens (including phenoxy) is 1. The maximum Gasteiger partial charge on any atom is 0.410 e. The Kier molecular flexibility index (Phi) is 9.32. The summed E-state index contributed by atoms with van der Waals surface area (Å²) in [4.78, 5) is 15.8. The van der Waals surface area contributed by atoms with E-state index in [-0.39, 0.29) is 12.6 Å². The maximum atomic E-state index is 11.9. The van der Waals surface area contributed by atoms with Gasteiger partial charge >= 0.3 is 6.09 Å². The van der Waals surface area contributed by atoms with Crippen molar-refractivity contribution in [1.82, 2.24) is 0 Å². The van der Waals surface area contributed by atoms with Gasteiger partial charge in [-0.3, -0.25) is 4.36 Å². The summed E-state index contributed by atoms with van der Waals surface area (Å²) in [6, 6.07) is 6.45. The number of nitrogens with two attached hydrogens (primary N) is 1. The quantitative estimate of drug-likeness (QED) is 0.294. The third-order valence-electron chi connectivity index (χ3n) is 2.55. The highest BCUT2D eigenvalue weighted by Crippen LogP contribution is 2.23. The second-order valence-electron chi connectivity index (χ2n) is 4.25. The van der Waals surface area contributed by atoms with Crippen LogP contribution >= 0.6 is 27.7 Å².